The SMILES string of the molecule is Cc1nc(CC(O)C2(C)CCCC2)sc1C. The Morgan fingerprint density at radius 2 is 2.00 bits per heavy atom. The Morgan fingerprint density at radius 1 is 1.38 bits per heavy atom. The molecule has 1 heterocycles. The van der Waals surface area contributed by atoms with E-state index in [1.165, 1.54) is 17.7 Å². The Kier molecular flexibility index (Phi) is 3.36. The smallest absolute Gasteiger partial charge is 0.0956 e. The first-order chi connectivity index (χ1) is 7.51. The zero-order valence-corrected chi connectivity index (χ0v) is 11.2. The van der Waals surface area contributed by atoms with E-state index in [0.717, 1.165) is 30.0 Å². The molecule has 1 saturated carbocycles. The van der Waals surface area contributed by atoms with Crippen LogP contribution >= 0.6 is 11.3 Å². The summed E-state index contributed by atoms with van der Waals surface area (Å²) in [5.74, 6) is 0. The average Bonchev–Trinajstić information content (AvgIpc) is 2.76. The van der Waals surface area contributed by atoms with Crippen LogP contribution in [0.5, 0.6) is 0 Å². The molecule has 1 aliphatic rings. The Hall–Kier alpha value is -0.410. The minimum atomic E-state index is -0.222. The largest absolute Gasteiger partial charge is 0.392 e. The van der Waals surface area contributed by atoms with Gasteiger partial charge in [-0.1, -0.05) is 19.8 Å². The van der Waals surface area contributed by atoms with Crippen molar-refractivity contribution in [3.05, 3.63) is 15.6 Å². The molecule has 1 aliphatic carbocycles. The highest BCUT2D eigenvalue weighted by Gasteiger charge is 2.36. The van der Waals surface area contributed by atoms with Crippen molar-refractivity contribution < 1.29 is 5.11 Å². The molecule has 1 aromatic heterocycles. The fraction of sp³-hybridized carbons (Fsp3) is 0.769. The molecule has 1 aromatic rings. The molecule has 2 nitrogen and oxygen atoms in total. The topological polar surface area (TPSA) is 33.1 Å². The highest BCUT2D eigenvalue weighted by atomic mass is 32.1. The molecule has 1 unspecified atom stereocenters. The molecule has 1 fully saturated rings. The molecular formula is C13H21NOS. The van der Waals surface area contributed by atoms with Crippen LogP contribution in [0.25, 0.3) is 0 Å². The van der Waals surface area contributed by atoms with Crippen LogP contribution in [-0.4, -0.2) is 16.2 Å². The van der Waals surface area contributed by atoms with Crippen molar-refractivity contribution >= 4 is 11.3 Å². The highest BCUT2D eigenvalue weighted by molar-refractivity contribution is 7.11. The predicted molar refractivity (Wildman–Crippen MR) is 67.9 cm³/mol. The van der Waals surface area contributed by atoms with Gasteiger partial charge in [0.2, 0.25) is 0 Å². The number of aromatic nitrogens is 1. The minimum Gasteiger partial charge on any atom is -0.392 e. The van der Waals surface area contributed by atoms with Crippen molar-refractivity contribution in [2.75, 3.05) is 0 Å². The van der Waals surface area contributed by atoms with E-state index in [0.29, 0.717) is 0 Å². The third kappa shape index (κ3) is 2.30. The number of aliphatic hydroxyl groups excluding tert-OH is 1. The molecule has 3 heteroatoms. The van der Waals surface area contributed by atoms with E-state index in [9.17, 15) is 5.11 Å². The van der Waals surface area contributed by atoms with E-state index in [2.05, 4.69) is 18.8 Å². The van der Waals surface area contributed by atoms with Crippen molar-refractivity contribution in [1.82, 2.24) is 4.98 Å². The highest BCUT2D eigenvalue weighted by Crippen LogP contribution is 2.41. The summed E-state index contributed by atoms with van der Waals surface area (Å²) >= 11 is 1.73. The number of aryl methyl sites for hydroxylation is 2. The zero-order chi connectivity index (χ0) is 11.8. The fourth-order valence-corrected chi connectivity index (χ4v) is 3.52. The van der Waals surface area contributed by atoms with Crippen LogP contribution in [0.1, 0.15) is 48.2 Å². The Morgan fingerprint density at radius 3 is 2.50 bits per heavy atom. The molecule has 0 bridgehead atoms. The molecule has 1 N–H and O–H groups in total. The maximum absolute atomic E-state index is 10.3. The van der Waals surface area contributed by atoms with Crippen LogP contribution in [0, 0.1) is 19.3 Å². The van der Waals surface area contributed by atoms with Gasteiger partial charge in [0.15, 0.2) is 0 Å². The van der Waals surface area contributed by atoms with Crippen molar-refractivity contribution in [3.63, 3.8) is 0 Å². The molecule has 0 aliphatic heterocycles. The maximum Gasteiger partial charge on any atom is 0.0956 e. The van der Waals surface area contributed by atoms with Gasteiger partial charge in [0, 0.05) is 11.3 Å². The van der Waals surface area contributed by atoms with Crippen molar-refractivity contribution in [2.45, 2.75) is 59.0 Å². The van der Waals surface area contributed by atoms with Gasteiger partial charge in [-0.3, -0.25) is 0 Å². The van der Waals surface area contributed by atoms with E-state index in [4.69, 9.17) is 0 Å². The third-order valence-corrected chi connectivity index (χ3v) is 5.09. The Labute approximate surface area is 102 Å². The number of rotatable bonds is 3. The van der Waals surface area contributed by atoms with E-state index in [1.54, 1.807) is 11.3 Å². The van der Waals surface area contributed by atoms with E-state index < -0.39 is 0 Å². The molecular weight excluding hydrogens is 218 g/mol. The lowest BCUT2D eigenvalue weighted by atomic mass is 9.81. The van der Waals surface area contributed by atoms with E-state index in [1.807, 2.05) is 6.92 Å². The van der Waals surface area contributed by atoms with E-state index in [-0.39, 0.29) is 11.5 Å². The van der Waals surface area contributed by atoms with Crippen LogP contribution in [0.4, 0.5) is 0 Å². The van der Waals surface area contributed by atoms with Crippen molar-refractivity contribution in [3.8, 4) is 0 Å². The number of hydrogen-bond donors (Lipinski definition) is 1. The second-order valence-electron chi connectivity index (χ2n) is 5.33. The lowest BCUT2D eigenvalue weighted by Crippen LogP contribution is -2.31. The van der Waals surface area contributed by atoms with Crippen LogP contribution in [-0.2, 0) is 6.42 Å². The number of aliphatic hydroxyl groups is 1. The molecule has 16 heavy (non-hydrogen) atoms. The van der Waals surface area contributed by atoms with Gasteiger partial charge in [-0.05, 0) is 32.1 Å². The first kappa shape index (κ1) is 12.1. The van der Waals surface area contributed by atoms with Gasteiger partial charge in [0.1, 0.15) is 0 Å². The number of thiazole rings is 1. The van der Waals surface area contributed by atoms with Gasteiger partial charge in [-0.15, -0.1) is 11.3 Å². The zero-order valence-electron chi connectivity index (χ0n) is 10.4. The standard InChI is InChI=1S/C13H21NOS/c1-9-10(2)16-12(14-9)8-11(15)13(3)6-4-5-7-13/h11,15H,4-8H2,1-3H3. The summed E-state index contributed by atoms with van der Waals surface area (Å²) in [6.45, 7) is 6.36. The van der Waals surface area contributed by atoms with Crippen LogP contribution < -0.4 is 0 Å². The molecule has 0 aromatic carbocycles. The summed E-state index contributed by atoms with van der Waals surface area (Å²) < 4.78 is 0. The van der Waals surface area contributed by atoms with Gasteiger partial charge in [0.25, 0.3) is 0 Å². The summed E-state index contributed by atoms with van der Waals surface area (Å²) in [7, 11) is 0. The second-order valence-corrected chi connectivity index (χ2v) is 6.62. The van der Waals surface area contributed by atoms with Gasteiger partial charge in [0.05, 0.1) is 16.8 Å². The normalized spacial score (nSPS) is 21.2. The molecule has 0 radical (unpaired) electrons. The first-order valence-electron chi connectivity index (χ1n) is 6.12. The summed E-state index contributed by atoms with van der Waals surface area (Å²) in [4.78, 5) is 5.79. The monoisotopic (exact) mass is 239 g/mol. The van der Waals surface area contributed by atoms with Gasteiger partial charge in [-0.2, -0.15) is 0 Å². The lowest BCUT2D eigenvalue weighted by Gasteiger charge is -2.29. The Balaban J connectivity index is 2.04. The maximum atomic E-state index is 10.3. The molecule has 2 rings (SSSR count). The minimum absolute atomic E-state index is 0.132. The van der Waals surface area contributed by atoms with Gasteiger partial charge in [-0.25, -0.2) is 4.98 Å². The van der Waals surface area contributed by atoms with Crippen LogP contribution in [0.3, 0.4) is 0 Å². The molecule has 0 spiro atoms. The molecule has 0 amide bonds. The molecule has 1 atom stereocenters. The molecule has 90 valence electrons. The van der Waals surface area contributed by atoms with Crippen molar-refractivity contribution in [1.29, 1.82) is 0 Å². The average molecular weight is 239 g/mol. The third-order valence-electron chi connectivity index (χ3n) is 3.99. The summed E-state index contributed by atoms with van der Waals surface area (Å²) in [5.41, 5.74) is 1.25. The Bertz CT molecular complexity index is 347. The second kappa shape index (κ2) is 4.46. The number of nitrogens with zero attached hydrogens (tertiary/aromatic N) is 1. The lowest BCUT2D eigenvalue weighted by molar-refractivity contribution is 0.0423. The summed E-state index contributed by atoms with van der Waals surface area (Å²) in [6.07, 6.45) is 5.37. The summed E-state index contributed by atoms with van der Waals surface area (Å²) in [6, 6.07) is 0. The van der Waals surface area contributed by atoms with Gasteiger partial charge >= 0.3 is 0 Å². The quantitative estimate of drug-likeness (QED) is 0.878. The van der Waals surface area contributed by atoms with Crippen LogP contribution in [0.15, 0.2) is 0 Å². The predicted octanol–water partition coefficient (Wildman–Crippen LogP) is 3.24. The molecule has 0 saturated heterocycles. The summed E-state index contributed by atoms with van der Waals surface area (Å²) in [5, 5.41) is 11.4. The fourth-order valence-electron chi connectivity index (χ4n) is 2.55. The van der Waals surface area contributed by atoms with Crippen molar-refractivity contribution in [2.24, 2.45) is 5.41 Å². The number of hydrogen-bond acceptors (Lipinski definition) is 3. The van der Waals surface area contributed by atoms with E-state index >= 15 is 0 Å². The van der Waals surface area contributed by atoms with Gasteiger partial charge < -0.3 is 5.11 Å². The van der Waals surface area contributed by atoms with Crippen LogP contribution in [0.2, 0.25) is 0 Å². The first-order valence-corrected chi connectivity index (χ1v) is 6.94.